The van der Waals surface area contributed by atoms with E-state index in [-0.39, 0.29) is 5.91 Å². The molecule has 7 nitrogen and oxygen atoms in total. The number of methoxy groups -OCH3 is 1. The molecule has 0 aromatic carbocycles. The van der Waals surface area contributed by atoms with E-state index in [1.807, 2.05) is 15.9 Å². The maximum Gasteiger partial charge on any atom is 0.311 e. The second-order valence-corrected chi connectivity index (χ2v) is 7.58. The highest BCUT2D eigenvalue weighted by Crippen LogP contribution is 2.36. The first-order valence-electron chi connectivity index (χ1n) is 9.79. The number of aliphatic carboxylic acids is 1. The lowest BCUT2D eigenvalue weighted by atomic mass is 9.77. The Bertz CT molecular complexity index is 675. The number of hydrogen-bond acceptors (Lipinski definition) is 5. The van der Waals surface area contributed by atoms with Gasteiger partial charge in [0.25, 0.3) is 5.91 Å². The van der Waals surface area contributed by atoms with E-state index in [9.17, 15) is 14.7 Å². The summed E-state index contributed by atoms with van der Waals surface area (Å²) >= 11 is 0. The number of carboxylic acid groups (broad SMARTS) is 1. The number of amides is 1. The standard InChI is InChI=1S/C20H29N3O4/c1-27-14-9-20(19(25)26)8-6-13-23(15-20)17-16(7-5-10-21-17)18(24)22-11-3-2-4-12-22/h5,7,10H,2-4,6,8-9,11-15H2,1H3,(H,25,26). The molecule has 1 amide bonds. The normalized spacial score (nSPS) is 23.3. The number of carboxylic acids is 1. The molecule has 148 valence electrons. The number of ether oxygens (including phenoxy) is 1. The van der Waals surface area contributed by atoms with Crippen LogP contribution in [0.4, 0.5) is 5.82 Å². The average Bonchev–Trinajstić information content (AvgIpc) is 2.72. The molecule has 0 bridgehead atoms. The van der Waals surface area contributed by atoms with Gasteiger partial charge in [0.05, 0.1) is 11.0 Å². The van der Waals surface area contributed by atoms with Crippen LogP contribution >= 0.6 is 0 Å². The molecule has 1 atom stereocenters. The summed E-state index contributed by atoms with van der Waals surface area (Å²) in [7, 11) is 1.59. The van der Waals surface area contributed by atoms with Gasteiger partial charge in [-0.1, -0.05) is 0 Å². The zero-order chi connectivity index (χ0) is 19.3. The number of aromatic nitrogens is 1. The molecule has 2 aliphatic heterocycles. The van der Waals surface area contributed by atoms with Gasteiger partial charge < -0.3 is 19.6 Å². The van der Waals surface area contributed by atoms with Crippen molar-refractivity contribution in [1.29, 1.82) is 0 Å². The van der Waals surface area contributed by atoms with E-state index >= 15 is 0 Å². The molecule has 1 N–H and O–H groups in total. The van der Waals surface area contributed by atoms with E-state index in [1.165, 1.54) is 0 Å². The first-order valence-corrected chi connectivity index (χ1v) is 9.79. The monoisotopic (exact) mass is 375 g/mol. The van der Waals surface area contributed by atoms with E-state index in [2.05, 4.69) is 4.98 Å². The smallest absolute Gasteiger partial charge is 0.311 e. The van der Waals surface area contributed by atoms with E-state index < -0.39 is 11.4 Å². The lowest BCUT2D eigenvalue weighted by molar-refractivity contribution is -0.150. The number of pyridine rings is 1. The summed E-state index contributed by atoms with van der Waals surface area (Å²) in [6.45, 7) is 3.02. The second kappa shape index (κ2) is 8.69. The van der Waals surface area contributed by atoms with Gasteiger partial charge >= 0.3 is 5.97 Å². The molecule has 0 spiro atoms. The molecule has 1 unspecified atom stereocenters. The Hall–Kier alpha value is -2.15. The molecule has 2 saturated heterocycles. The quantitative estimate of drug-likeness (QED) is 0.822. The summed E-state index contributed by atoms with van der Waals surface area (Å²) in [4.78, 5) is 33.4. The topological polar surface area (TPSA) is 83.0 Å². The fraction of sp³-hybridized carbons (Fsp3) is 0.650. The number of carbonyl (C=O) groups is 2. The van der Waals surface area contributed by atoms with Crippen LogP contribution in [0.3, 0.4) is 0 Å². The van der Waals surface area contributed by atoms with Crippen LogP contribution in [0.5, 0.6) is 0 Å². The van der Waals surface area contributed by atoms with Gasteiger partial charge in [-0.05, 0) is 50.7 Å². The van der Waals surface area contributed by atoms with E-state index in [0.29, 0.717) is 43.9 Å². The summed E-state index contributed by atoms with van der Waals surface area (Å²) in [5.74, 6) is -0.193. The molecule has 0 aliphatic carbocycles. The third-order valence-corrected chi connectivity index (χ3v) is 5.78. The predicted octanol–water partition coefficient (Wildman–Crippen LogP) is 2.42. The molecule has 2 fully saturated rings. The van der Waals surface area contributed by atoms with Crippen molar-refractivity contribution in [3.8, 4) is 0 Å². The summed E-state index contributed by atoms with van der Waals surface area (Å²) in [5, 5.41) is 9.88. The predicted molar refractivity (Wildman–Crippen MR) is 102 cm³/mol. The number of anilines is 1. The summed E-state index contributed by atoms with van der Waals surface area (Å²) in [5.41, 5.74) is -0.288. The number of hydrogen-bond donors (Lipinski definition) is 1. The average molecular weight is 375 g/mol. The Labute approximate surface area is 160 Å². The van der Waals surface area contributed by atoms with Crippen molar-refractivity contribution >= 4 is 17.7 Å². The van der Waals surface area contributed by atoms with Crippen LogP contribution in [0.1, 0.15) is 48.9 Å². The molecular weight excluding hydrogens is 346 g/mol. The molecule has 1 aromatic rings. The van der Waals surface area contributed by atoms with E-state index in [1.54, 1.807) is 19.4 Å². The van der Waals surface area contributed by atoms with Crippen molar-refractivity contribution in [3.63, 3.8) is 0 Å². The lowest BCUT2D eigenvalue weighted by Gasteiger charge is -2.41. The minimum Gasteiger partial charge on any atom is -0.481 e. The van der Waals surface area contributed by atoms with Gasteiger partial charge in [-0.15, -0.1) is 0 Å². The molecule has 3 heterocycles. The van der Waals surface area contributed by atoms with Gasteiger partial charge in [0.1, 0.15) is 5.82 Å². The second-order valence-electron chi connectivity index (χ2n) is 7.58. The number of likely N-dealkylation sites (tertiary alicyclic amines) is 1. The Kier molecular flexibility index (Phi) is 6.31. The zero-order valence-corrected chi connectivity index (χ0v) is 16.0. The molecule has 27 heavy (non-hydrogen) atoms. The zero-order valence-electron chi connectivity index (χ0n) is 16.0. The van der Waals surface area contributed by atoms with Crippen molar-refractivity contribution < 1.29 is 19.4 Å². The molecule has 2 aliphatic rings. The number of carbonyl (C=O) groups excluding carboxylic acids is 1. The van der Waals surface area contributed by atoms with Crippen molar-refractivity contribution in [2.24, 2.45) is 5.41 Å². The van der Waals surface area contributed by atoms with Gasteiger partial charge in [0.2, 0.25) is 0 Å². The van der Waals surface area contributed by atoms with Gasteiger partial charge in [0.15, 0.2) is 0 Å². The third-order valence-electron chi connectivity index (χ3n) is 5.78. The van der Waals surface area contributed by atoms with Crippen LogP contribution in [0.2, 0.25) is 0 Å². The van der Waals surface area contributed by atoms with Crippen molar-refractivity contribution in [2.45, 2.75) is 38.5 Å². The fourth-order valence-corrected chi connectivity index (χ4v) is 4.18. The fourth-order valence-electron chi connectivity index (χ4n) is 4.18. The minimum atomic E-state index is -0.864. The van der Waals surface area contributed by atoms with E-state index in [0.717, 1.165) is 38.8 Å². The first-order chi connectivity index (χ1) is 13.1. The number of nitrogens with zero attached hydrogens (tertiary/aromatic N) is 3. The van der Waals surface area contributed by atoms with Crippen LogP contribution in [-0.4, -0.2) is 66.8 Å². The maximum absolute atomic E-state index is 13.1. The Morgan fingerprint density at radius 1 is 1.22 bits per heavy atom. The largest absolute Gasteiger partial charge is 0.481 e. The third kappa shape index (κ3) is 4.24. The van der Waals surface area contributed by atoms with Crippen molar-refractivity contribution in [3.05, 3.63) is 23.9 Å². The van der Waals surface area contributed by atoms with Crippen LogP contribution in [0, 0.1) is 5.41 Å². The van der Waals surface area contributed by atoms with Crippen LogP contribution < -0.4 is 4.90 Å². The summed E-state index contributed by atoms with van der Waals surface area (Å²) < 4.78 is 5.14. The highest BCUT2D eigenvalue weighted by Gasteiger charge is 2.43. The molecule has 0 saturated carbocycles. The summed E-state index contributed by atoms with van der Waals surface area (Å²) in [6, 6.07) is 3.59. The van der Waals surface area contributed by atoms with Gasteiger partial charge in [0, 0.05) is 46.1 Å². The van der Waals surface area contributed by atoms with E-state index in [4.69, 9.17) is 4.74 Å². The van der Waals surface area contributed by atoms with Gasteiger partial charge in [-0.2, -0.15) is 0 Å². The highest BCUT2D eigenvalue weighted by atomic mass is 16.5. The molecule has 3 rings (SSSR count). The Morgan fingerprint density at radius 3 is 2.70 bits per heavy atom. The molecule has 0 radical (unpaired) electrons. The molecule has 7 heteroatoms. The van der Waals surface area contributed by atoms with Crippen LogP contribution in [0.15, 0.2) is 18.3 Å². The van der Waals surface area contributed by atoms with Crippen LogP contribution in [0.25, 0.3) is 0 Å². The van der Waals surface area contributed by atoms with Gasteiger partial charge in [-0.25, -0.2) is 4.98 Å². The summed E-state index contributed by atoms with van der Waals surface area (Å²) in [6.07, 6.45) is 6.73. The lowest BCUT2D eigenvalue weighted by Crippen LogP contribution is -2.49. The Morgan fingerprint density at radius 2 is 2.00 bits per heavy atom. The number of rotatable bonds is 6. The first kappa shape index (κ1) is 19.6. The van der Waals surface area contributed by atoms with Gasteiger partial charge in [-0.3, -0.25) is 9.59 Å². The Balaban J connectivity index is 1.85. The van der Waals surface area contributed by atoms with Crippen molar-refractivity contribution in [2.75, 3.05) is 44.8 Å². The van der Waals surface area contributed by atoms with Crippen LogP contribution in [-0.2, 0) is 9.53 Å². The highest BCUT2D eigenvalue weighted by molar-refractivity contribution is 5.99. The minimum absolute atomic E-state index is 0.00110. The number of piperidine rings is 2. The van der Waals surface area contributed by atoms with Crippen molar-refractivity contribution in [1.82, 2.24) is 9.88 Å². The molecule has 1 aromatic heterocycles. The SMILES string of the molecule is COCCC1(C(=O)O)CCCN(c2ncccc2C(=O)N2CCCCC2)C1. The maximum atomic E-state index is 13.1. The molecular formula is C20H29N3O4.